The Morgan fingerprint density at radius 2 is 2.00 bits per heavy atom. The van der Waals surface area contributed by atoms with E-state index in [4.69, 9.17) is 0 Å². The van der Waals surface area contributed by atoms with Crippen LogP contribution in [0.15, 0.2) is 0 Å². The summed E-state index contributed by atoms with van der Waals surface area (Å²) in [7, 11) is 2.13. The summed E-state index contributed by atoms with van der Waals surface area (Å²) < 4.78 is 0. The van der Waals surface area contributed by atoms with Crippen LogP contribution in [0.4, 0.5) is 0 Å². The average molecular weight is 197 g/mol. The molecule has 1 aliphatic rings. The lowest BCUT2D eigenvalue weighted by molar-refractivity contribution is -0.125. The van der Waals surface area contributed by atoms with E-state index in [0.29, 0.717) is 0 Å². The molecule has 0 spiro atoms. The Kier molecular flexibility index (Phi) is 3.71. The first-order chi connectivity index (χ1) is 6.42. The normalized spacial score (nSPS) is 18.4. The molecule has 0 aromatic carbocycles. The molecule has 2 nitrogen and oxygen atoms in total. The molecule has 0 amide bonds. The van der Waals surface area contributed by atoms with Gasteiger partial charge in [-0.25, -0.2) is 0 Å². The smallest absolute Gasteiger partial charge is 0.136 e. The monoisotopic (exact) mass is 197 g/mol. The lowest BCUT2D eigenvalue weighted by Crippen LogP contribution is -2.39. The van der Waals surface area contributed by atoms with Gasteiger partial charge < -0.3 is 4.90 Å². The van der Waals surface area contributed by atoms with Gasteiger partial charge in [0.05, 0.1) is 0 Å². The maximum Gasteiger partial charge on any atom is 0.136 e. The molecule has 0 aromatic rings. The van der Waals surface area contributed by atoms with Gasteiger partial charge in [-0.15, -0.1) is 0 Å². The van der Waals surface area contributed by atoms with Gasteiger partial charge >= 0.3 is 0 Å². The Morgan fingerprint density at radius 1 is 1.43 bits per heavy atom. The van der Waals surface area contributed by atoms with Crippen molar-refractivity contribution in [3.63, 3.8) is 0 Å². The zero-order chi connectivity index (χ0) is 10.8. The number of Topliss-reactive ketones (excluding diaryl/α,β-unsaturated/α-hetero) is 1. The molecule has 2 heteroatoms. The molecule has 0 atom stereocenters. The van der Waals surface area contributed by atoms with E-state index in [1.54, 1.807) is 6.92 Å². The minimum absolute atomic E-state index is 0.182. The van der Waals surface area contributed by atoms with Gasteiger partial charge in [-0.3, -0.25) is 4.79 Å². The highest BCUT2D eigenvalue weighted by Crippen LogP contribution is 2.27. The number of carbonyl (C=O) groups excluding carboxylic acids is 1. The second-order valence-electron chi connectivity index (χ2n) is 5.43. The maximum atomic E-state index is 11.3. The van der Waals surface area contributed by atoms with Crippen LogP contribution in [0.25, 0.3) is 0 Å². The first-order valence-electron chi connectivity index (χ1n) is 5.61. The summed E-state index contributed by atoms with van der Waals surface area (Å²) in [6.07, 6.45) is 4.16. The van der Waals surface area contributed by atoms with E-state index >= 15 is 0 Å². The Labute approximate surface area is 87.7 Å². The molecular formula is C12H23NO. The molecule has 0 unspecified atom stereocenters. The van der Waals surface area contributed by atoms with E-state index in [1.807, 2.05) is 13.8 Å². The highest BCUT2D eigenvalue weighted by Gasteiger charge is 2.27. The Balaban J connectivity index is 2.30. The van der Waals surface area contributed by atoms with Gasteiger partial charge in [0.2, 0.25) is 0 Å². The van der Waals surface area contributed by atoms with Crippen molar-refractivity contribution in [1.29, 1.82) is 0 Å². The van der Waals surface area contributed by atoms with Gasteiger partial charge in [0.25, 0.3) is 0 Å². The maximum absolute atomic E-state index is 11.3. The van der Waals surface area contributed by atoms with Crippen molar-refractivity contribution in [2.75, 3.05) is 20.1 Å². The molecule has 0 aliphatic heterocycles. The van der Waals surface area contributed by atoms with Crippen LogP contribution < -0.4 is 0 Å². The second-order valence-corrected chi connectivity index (χ2v) is 5.43. The predicted molar refractivity (Wildman–Crippen MR) is 59.3 cm³/mol. The van der Waals surface area contributed by atoms with E-state index in [2.05, 4.69) is 11.9 Å². The molecule has 1 aliphatic carbocycles. The van der Waals surface area contributed by atoms with Crippen molar-refractivity contribution < 1.29 is 4.79 Å². The average Bonchev–Trinajstić information content (AvgIpc) is 1.96. The number of nitrogens with zero attached hydrogens (tertiary/aromatic N) is 1. The third kappa shape index (κ3) is 3.09. The number of carbonyl (C=O) groups is 1. The van der Waals surface area contributed by atoms with Gasteiger partial charge in [-0.1, -0.05) is 20.3 Å². The minimum atomic E-state index is -0.182. The van der Waals surface area contributed by atoms with Crippen LogP contribution >= 0.6 is 0 Å². The standard InChI is InChI=1S/C12H23NO/c1-10(14)12(2,3)9-13(4)8-11-6-5-7-11/h11H,5-9H2,1-4H3. The van der Waals surface area contributed by atoms with Gasteiger partial charge in [0.15, 0.2) is 0 Å². The van der Waals surface area contributed by atoms with Crippen molar-refractivity contribution >= 4 is 5.78 Å². The summed E-state index contributed by atoms with van der Waals surface area (Å²) in [6, 6.07) is 0. The number of rotatable bonds is 5. The van der Waals surface area contributed by atoms with Crippen LogP contribution in [0.2, 0.25) is 0 Å². The van der Waals surface area contributed by atoms with Crippen molar-refractivity contribution in [2.45, 2.75) is 40.0 Å². The van der Waals surface area contributed by atoms with Crippen molar-refractivity contribution in [3.05, 3.63) is 0 Å². The van der Waals surface area contributed by atoms with Gasteiger partial charge in [-0.05, 0) is 32.7 Å². The van der Waals surface area contributed by atoms with Crippen LogP contribution in [0.1, 0.15) is 40.0 Å². The largest absolute Gasteiger partial charge is 0.305 e. The summed E-state index contributed by atoms with van der Waals surface area (Å²) in [5, 5.41) is 0. The molecule has 82 valence electrons. The van der Waals surface area contributed by atoms with Crippen molar-refractivity contribution in [1.82, 2.24) is 4.90 Å². The van der Waals surface area contributed by atoms with Gasteiger partial charge in [0.1, 0.15) is 5.78 Å². The van der Waals surface area contributed by atoms with Crippen LogP contribution in [-0.2, 0) is 4.79 Å². The summed E-state index contributed by atoms with van der Waals surface area (Å²) in [4.78, 5) is 13.7. The lowest BCUT2D eigenvalue weighted by Gasteiger charge is -2.34. The van der Waals surface area contributed by atoms with E-state index in [9.17, 15) is 4.79 Å². The molecule has 0 aromatic heterocycles. The Hall–Kier alpha value is -0.370. The summed E-state index contributed by atoms with van der Waals surface area (Å²) in [5.41, 5.74) is -0.182. The molecule has 1 saturated carbocycles. The number of hydrogen-bond acceptors (Lipinski definition) is 2. The quantitative estimate of drug-likeness (QED) is 0.674. The molecule has 0 N–H and O–H groups in total. The zero-order valence-electron chi connectivity index (χ0n) is 9.97. The fourth-order valence-corrected chi connectivity index (χ4v) is 1.97. The summed E-state index contributed by atoms with van der Waals surface area (Å²) in [6.45, 7) is 7.81. The Morgan fingerprint density at radius 3 is 2.36 bits per heavy atom. The van der Waals surface area contributed by atoms with E-state index in [-0.39, 0.29) is 11.2 Å². The molecule has 1 fully saturated rings. The predicted octanol–water partition coefficient (Wildman–Crippen LogP) is 2.33. The van der Waals surface area contributed by atoms with E-state index in [0.717, 1.165) is 19.0 Å². The van der Waals surface area contributed by atoms with Crippen molar-refractivity contribution in [2.24, 2.45) is 11.3 Å². The van der Waals surface area contributed by atoms with Crippen LogP contribution in [0, 0.1) is 11.3 Å². The SMILES string of the molecule is CC(=O)C(C)(C)CN(C)CC1CCC1. The Bertz CT molecular complexity index is 206. The van der Waals surface area contributed by atoms with Crippen LogP contribution in [0.5, 0.6) is 0 Å². The topological polar surface area (TPSA) is 20.3 Å². The number of ketones is 1. The molecule has 0 radical (unpaired) electrons. The molecule has 14 heavy (non-hydrogen) atoms. The van der Waals surface area contributed by atoms with Crippen LogP contribution in [0.3, 0.4) is 0 Å². The second kappa shape index (κ2) is 4.43. The number of hydrogen-bond donors (Lipinski definition) is 0. The minimum Gasteiger partial charge on any atom is -0.305 e. The highest BCUT2D eigenvalue weighted by molar-refractivity contribution is 5.81. The van der Waals surface area contributed by atoms with E-state index in [1.165, 1.54) is 19.3 Å². The molecule has 1 rings (SSSR count). The molecular weight excluding hydrogens is 174 g/mol. The third-order valence-corrected chi connectivity index (χ3v) is 3.41. The third-order valence-electron chi connectivity index (χ3n) is 3.41. The van der Waals surface area contributed by atoms with Crippen LogP contribution in [-0.4, -0.2) is 30.8 Å². The molecule has 0 saturated heterocycles. The fraction of sp³-hybridized carbons (Fsp3) is 0.917. The highest BCUT2D eigenvalue weighted by atomic mass is 16.1. The first kappa shape index (κ1) is 11.7. The van der Waals surface area contributed by atoms with Gasteiger partial charge in [0, 0.05) is 18.5 Å². The van der Waals surface area contributed by atoms with E-state index < -0.39 is 0 Å². The molecule has 0 heterocycles. The summed E-state index contributed by atoms with van der Waals surface area (Å²) in [5.74, 6) is 1.18. The zero-order valence-corrected chi connectivity index (χ0v) is 9.97. The summed E-state index contributed by atoms with van der Waals surface area (Å²) >= 11 is 0. The van der Waals surface area contributed by atoms with Gasteiger partial charge in [-0.2, -0.15) is 0 Å². The van der Waals surface area contributed by atoms with Crippen molar-refractivity contribution in [3.8, 4) is 0 Å². The fourth-order valence-electron chi connectivity index (χ4n) is 1.97. The lowest BCUT2D eigenvalue weighted by atomic mass is 9.84. The molecule has 0 bridgehead atoms. The first-order valence-corrected chi connectivity index (χ1v) is 5.61.